The van der Waals surface area contributed by atoms with Gasteiger partial charge in [-0.25, -0.2) is 15.8 Å². The second kappa shape index (κ2) is 13.8. The van der Waals surface area contributed by atoms with E-state index in [1.807, 2.05) is 18.3 Å². The molecule has 2 atom stereocenters. The van der Waals surface area contributed by atoms with Gasteiger partial charge < -0.3 is 19.5 Å². The standard InChI is InChI=1S/C24H32N6O7S/c1-4-35-19(31)8-7-15-11-16(22-26-9-6-10-27-22)13-17(12-15)37-23-21(30(33)34)18(14-20(32)36-5-2)28-24(38-3)29(23)25/h6,9,11-13,22,24,26-27H,4-5,7-8,10,14,25H2,1-3H3. The summed E-state index contributed by atoms with van der Waals surface area (Å²) in [6, 6.07) is 5.32. The minimum absolute atomic E-state index is 0.0936. The van der Waals surface area contributed by atoms with Crippen LogP contribution < -0.4 is 21.2 Å². The third-order valence-corrected chi connectivity index (χ3v) is 6.26. The summed E-state index contributed by atoms with van der Waals surface area (Å²) in [5, 5.41) is 19.7. The van der Waals surface area contributed by atoms with Crippen molar-refractivity contribution in [1.29, 1.82) is 0 Å². The predicted octanol–water partition coefficient (Wildman–Crippen LogP) is 1.94. The number of aliphatic imine (C=N–C) groups is 1. The van der Waals surface area contributed by atoms with E-state index in [9.17, 15) is 19.7 Å². The maximum absolute atomic E-state index is 12.2. The minimum Gasteiger partial charge on any atom is -0.466 e. The smallest absolute Gasteiger partial charge is 0.352 e. The van der Waals surface area contributed by atoms with Crippen LogP contribution in [-0.2, 0) is 25.5 Å². The van der Waals surface area contributed by atoms with E-state index >= 15 is 0 Å². The fourth-order valence-corrected chi connectivity index (χ4v) is 4.42. The molecule has 2 heterocycles. The highest BCUT2D eigenvalue weighted by Gasteiger charge is 2.39. The lowest BCUT2D eigenvalue weighted by Gasteiger charge is -2.30. The molecular formula is C24H32N6O7S. The van der Waals surface area contributed by atoms with Gasteiger partial charge in [-0.15, -0.1) is 11.8 Å². The third-order valence-electron chi connectivity index (χ3n) is 5.51. The molecule has 2 aliphatic heterocycles. The lowest BCUT2D eigenvalue weighted by molar-refractivity contribution is -0.419. The lowest BCUT2D eigenvalue weighted by atomic mass is 10.0. The van der Waals surface area contributed by atoms with Crippen molar-refractivity contribution >= 4 is 29.4 Å². The van der Waals surface area contributed by atoms with Gasteiger partial charge in [0.1, 0.15) is 17.6 Å². The van der Waals surface area contributed by atoms with Crippen LogP contribution in [0, 0.1) is 10.1 Å². The number of carbonyl (C=O) groups excluding carboxylic acids is 2. The van der Waals surface area contributed by atoms with Crippen molar-refractivity contribution in [2.75, 3.05) is 26.0 Å². The quantitative estimate of drug-likeness (QED) is 0.150. The normalized spacial score (nSPS) is 18.9. The molecule has 1 aromatic carbocycles. The molecule has 13 nitrogen and oxygen atoms in total. The van der Waals surface area contributed by atoms with Crippen molar-refractivity contribution in [3.63, 3.8) is 0 Å². The Morgan fingerprint density at radius 3 is 2.61 bits per heavy atom. The van der Waals surface area contributed by atoms with Gasteiger partial charge in [0.25, 0.3) is 5.88 Å². The molecule has 0 aromatic heterocycles. The topological polar surface area (TPSA) is 171 Å². The number of hydrogen-bond donors (Lipinski definition) is 3. The number of ether oxygens (including phenoxy) is 3. The van der Waals surface area contributed by atoms with E-state index in [-0.39, 0.29) is 49.1 Å². The number of nitrogens with zero attached hydrogens (tertiary/aromatic N) is 3. The molecule has 0 aliphatic carbocycles. The van der Waals surface area contributed by atoms with Crippen molar-refractivity contribution in [1.82, 2.24) is 15.6 Å². The summed E-state index contributed by atoms with van der Waals surface area (Å²) < 4.78 is 16.1. The van der Waals surface area contributed by atoms with Crippen LogP contribution >= 0.6 is 11.8 Å². The maximum Gasteiger partial charge on any atom is 0.352 e. The summed E-state index contributed by atoms with van der Waals surface area (Å²) in [4.78, 5) is 39.9. The number of esters is 2. The highest BCUT2D eigenvalue weighted by atomic mass is 32.2. The number of allylic oxidation sites excluding steroid dienone is 1. The number of benzene rings is 1. The Bertz CT molecular complexity index is 1140. The van der Waals surface area contributed by atoms with E-state index < -0.39 is 28.5 Å². The van der Waals surface area contributed by atoms with E-state index in [1.165, 1.54) is 11.8 Å². The summed E-state index contributed by atoms with van der Waals surface area (Å²) in [6.45, 7) is 4.43. The molecule has 0 saturated carbocycles. The van der Waals surface area contributed by atoms with Gasteiger partial charge in [-0.3, -0.25) is 25.0 Å². The molecule has 2 aliphatic rings. The zero-order valence-corrected chi connectivity index (χ0v) is 22.3. The minimum atomic E-state index is -0.767. The summed E-state index contributed by atoms with van der Waals surface area (Å²) in [7, 11) is 0. The molecule has 3 rings (SSSR count). The monoisotopic (exact) mass is 548 g/mol. The van der Waals surface area contributed by atoms with Crippen LogP contribution in [-0.4, -0.2) is 59.1 Å². The Labute approximate surface area is 224 Å². The van der Waals surface area contributed by atoms with E-state index in [0.29, 0.717) is 13.0 Å². The first-order chi connectivity index (χ1) is 18.3. The average molecular weight is 549 g/mol. The van der Waals surface area contributed by atoms with Crippen molar-refractivity contribution in [2.45, 2.75) is 44.8 Å². The van der Waals surface area contributed by atoms with E-state index in [4.69, 9.17) is 20.1 Å². The van der Waals surface area contributed by atoms with Gasteiger partial charge in [-0.1, -0.05) is 12.1 Å². The van der Waals surface area contributed by atoms with Crippen LogP contribution in [0.1, 0.15) is 44.0 Å². The second-order valence-corrected chi connectivity index (χ2v) is 9.06. The summed E-state index contributed by atoms with van der Waals surface area (Å²) >= 11 is 1.22. The number of nitrogens with one attached hydrogen (secondary N) is 2. The molecule has 4 N–H and O–H groups in total. The molecule has 38 heavy (non-hydrogen) atoms. The number of hydrazine groups is 1. The molecule has 0 bridgehead atoms. The number of nitro groups is 1. The van der Waals surface area contributed by atoms with Gasteiger partial charge in [0, 0.05) is 13.0 Å². The SMILES string of the molecule is CCOC(=O)CCc1cc(OC2=C([N+](=O)[O-])C(CC(=O)OCC)=NC(SC)N2N)cc(C2NC=CCN2)c1. The Hall–Kier alpha value is -3.62. The van der Waals surface area contributed by atoms with Crippen molar-refractivity contribution in [2.24, 2.45) is 10.8 Å². The number of hydrogen-bond acceptors (Lipinski definition) is 13. The summed E-state index contributed by atoms with van der Waals surface area (Å²) in [5.41, 5.74) is 0.157. The number of rotatable bonds is 12. The fourth-order valence-electron chi connectivity index (χ4n) is 3.86. The Balaban J connectivity index is 2.01. The first-order valence-electron chi connectivity index (χ1n) is 12.1. The predicted molar refractivity (Wildman–Crippen MR) is 141 cm³/mol. The molecule has 1 aromatic rings. The number of thioether (sulfide) groups is 1. The molecule has 0 amide bonds. The second-order valence-electron chi connectivity index (χ2n) is 8.17. The molecular weight excluding hydrogens is 516 g/mol. The molecule has 0 radical (unpaired) electrons. The lowest BCUT2D eigenvalue weighted by Crippen LogP contribution is -2.45. The van der Waals surface area contributed by atoms with Gasteiger partial charge >= 0.3 is 17.6 Å². The van der Waals surface area contributed by atoms with Crippen LogP contribution in [0.2, 0.25) is 0 Å². The maximum atomic E-state index is 12.2. The first kappa shape index (κ1) is 28.9. The summed E-state index contributed by atoms with van der Waals surface area (Å²) in [5.74, 6) is 5.24. The van der Waals surface area contributed by atoms with Gasteiger partial charge in [0.15, 0.2) is 5.50 Å². The molecule has 206 valence electrons. The van der Waals surface area contributed by atoms with Gasteiger partial charge in [-0.05, 0) is 56.0 Å². The van der Waals surface area contributed by atoms with E-state index in [0.717, 1.165) is 16.1 Å². The fraction of sp³-hybridized carbons (Fsp3) is 0.458. The van der Waals surface area contributed by atoms with Crippen molar-refractivity contribution < 1.29 is 28.7 Å². The average Bonchev–Trinajstić information content (AvgIpc) is 2.89. The van der Waals surface area contributed by atoms with Crippen LogP contribution in [0.4, 0.5) is 0 Å². The number of nitrogens with two attached hydrogens (primary N) is 1. The zero-order chi connectivity index (χ0) is 27.7. The van der Waals surface area contributed by atoms with Crippen LogP contribution in [0.25, 0.3) is 0 Å². The molecule has 0 saturated heterocycles. The molecule has 14 heteroatoms. The highest BCUT2D eigenvalue weighted by molar-refractivity contribution is 7.99. The first-order valence-corrected chi connectivity index (χ1v) is 13.4. The Morgan fingerprint density at radius 2 is 1.97 bits per heavy atom. The highest BCUT2D eigenvalue weighted by Crippen LogP contribution is 2.31. The largest absolute Gasteiger partial charge is 0.466 e. The van der Waals surface area contributed by atoms with Crippen LogP contribution in [0.3, 0.4) is 0 Å². The van der Waals surface area contributed by atoms with Crippen molar-refractivity contribution in [3.05, 3.63) is 63.3 Å². The summed E-state index contributed by atoms with van der Waals surface area (Å²) in [6.07, 6.45) is 5.33. The van der Waals surface area contributed by atoms with Crippen LogP contribution in [0.5, 0.6) is 5.75 Å². The van der Waals surface area contributed by atoms with E-state index in [2.05, 4.69) is 15.6 Å². The van der Waals surface area contributed by atoms with Gasteiger partial charge in [-0.2, -0.15) is 0 Å². The number of carbonyl (C=O) groups is 2. The number of aryl methyl sites for hydroxylation is 1. The Morgan fingerprint density at radius 1 is 1.24 bits per heavy atom. The van der Waals surface area contributed by atoms with Crippen LogP contribution in [0.15, 0.2) is 47.0 Å². The van der Waals surface area contributed by atoms with Gasteiger partial charge in [0.05, 0.1) is 24.6 Å². The van der Waals surface area contributed by atoms with E-state index in [1.54, 1.807) is 32.2 Å². The third kappa shape index (κ3) is 7.46. The molecule has 0 spiro atoms. The Kier molecular flexibility index (Phi) is 10.5. The zero-order valence-electron chi connectivity index (χ0n) is 21.5. The molecule has 0 fully saturated rings. The van der Waals surface area contributed by atoms with Gasteiger partial charge in [0.2, 0.25) is 0 Å². The van der Waals surface area contributed by atoms with Crippen molar-refractivity contribution in [3.8, 4) is 5.75 Å². The molecule has 2 unspecified atom stereocenters.